The van der Waals surface area contributed by atoms with Crippen molar-refractivity contribution in [1.29, 1.82) is 0 Å². The Hall–Kier alpha value is -4.52. The van der Waals surface area contributed by atoms with Gasteiger partial charge in [-0.05, 0) is 90.3 Å². The number of hydrogen-bond donors (Lipinski definition) is 3. The van der Waals surface area contributed by atoms with E-state index in [0.29, 0.717) is 17.5 Å². The number of carboxylic acids is 1. The quantitative estimate of drug-likeness (QED) is 0.251. The number of carbonyl (C=O) groups excluding carboxylic acids is 1. The molecule has 37 heavy (non-hydrogen) atoms. The van der Waals surface area contributed by atoms with Crippen LogP contribution < -0.4 is 0 Å². The highest BCUT2D eigenvalue weighted by Crippen LogP contribution is 2.37. The normalized spacial score (nSPS) is 10.8. The van der Waals surface area contributed by atoms with E-state index < -0.39 is 23.0 Å². The summed E-state index contributed by atoms with van der Waals surface area (Å²) in [7, 11) is 0. The van der Waals surface area contributed by atoms with Gasteiger partial charge in [-0.1, -0.05) is 31.2 Å². The van der Waals surface area contributed by atoms with Gasteiger partial charge in [0.05, 0.1) is 0 Å². The maximum Gasteiger partial charge on any atom is 0.303 e. The van der Waals surface area contributed by atoms with Crippen LogP contribution in [-0.4, -0.2) is 27.1 Å². The molecule has 0 spiro atoms. The number of aromatic hydroxyl groups is 2. The van der Waals surface area contributed by atoms with Gasteiger partial charge < -0.3 is 15.3 Å². The van der Waals surface area contributed by atoms with E-state index in [-0.39, 0.29) is 23.7 Å². The number of carboxylic acid groups (broad SMARTS) is 1. The Balaban J connectivity index is 0.000000213. The van der Waals surface area contributed by atoms with Crippen LogP contribution >= 0.6 is 0 Å². The fourth-order valence-corrected chi connectivity index (χ4v) is 3.84. The molecule has 4 rings (SSSR count). The lowest BCUT2D eigenvalue weighted by Gasteiger charge is -2.30. The van der Waals surface area contributed by atoms with E-state index in [9.17, 15) is 28.6 Å². The first-order valence-corrected chi connectivity index (χ1v) is 11.4. The summed E-state index contributed by atoms with van der Waals surface area (Å²) in [5.41, 5.74) is 2.11. The molecular formula is C30H26F2O5. The van der Waals surface area contributed by atoms with Crippen molar-refractivity contribution in [3.05, 3.63) is 131 Å². The number of phenols is 2. The minimum atomic E-state index is -0.848. The smallest absolute Gasteiger partial charge is 0.303 e. The van der Waals surface area contributed by atoms with Crippen molar-refractivity contribution in [2.45, 2.75) is 25.2 Å². The van der Waals surface area contributed by atoms with E-state index >= 15 is 0 Å². The van der Waals surface area contributed by atoms with E-state index in [1.54, 1.807) is 48.5 Å². The van der Waals surface area contributed by atoms with Gasteiger partial charge in [0.1, 0.15) is 23.1 Å². The van der Waals surface area contributed by atoms with Crippen LogP contribution in [0.2, 0.25) is 0 Å². The first-order chi connectivity index (χ1) is 17.6. The minimum absolute atomic E-state index is 0.0399. The molecule has 0 unspecified atom stereocenters. The molecule has 0 aliphatic rings. The van der Waals surface area contributed by atoms with Crippen molar-refractivity contribution in [3.63, 3.8) is 0 Å². The van der Waals surface area contributed by atoms with Crippen LogP contribution in [-0.2, 0) is 10.2 Å². The maximum atomic E-state index is 12.6. The van der Waals surface area contributed by atoms with Gasteiger partial charge >= 0.3 is 5.97 Å². The second-order valence-electron chi connectivity index (χ2n) is 8.66. The molecule has 4 aromatic carbocycles. The summed E-state index contributed by atoms with van der Waals surface area (Å²) in [4.78, 5) is 22.8. The summed E-state index contributed by atoms with van der Waals surface area (Å²) in [5, 5.41) is 27.8. The Morgan fingerprint density at radius 1 is 0.649 bits per heavy atom. The molecule has 0 saturated heterocycles. The molecule has 0 heterocycles. The third-order valence-corrected chi connectivity index (χ3v) is 6.06. The molecule has 4 aromatic rings. The zero-order valence-corrected chi connectivity index (χ0v) is 20.1. The van der Waals surface area contributed by atoms with Crippen LogP contribution in [0.1, 0.15) is 46.8 Å². The Morgan fingerprint density at radius 2 is 1.00 bits per heavy atom. The van der Waals surface area contributed by atoms with E-state index in [1.165, 1.54) is 48.5 Å². The van der Waals surface area contributed by atoms with Crippen LogP contribution in [0.3, 0.4) is 0 Å². The molecule has 7 heteroatoms. The summed E-state index contributed by atoms with van der Waals surface area (Å²) in [6, 6.07) is 24.0. The van der Waals surface area contributed by atoms with E-state index in [4.69, 9.17) is 5.11 Å². The molecule has 5 nitrogen and oxygen atoms in total. The monoisotopic (exact) mass is 504 g/mol. The average Bonchev–Trinajstić information content (AvgIpc) is 2.89. The molecule has 3 N–H and O–H groups in total. The summed E-state index contributed by atoms with van der Waals surface area (Å²) in [5.74, 6) is -1.54. The highest BCUT2D eigenvalue weighted by atomic mass is 19.1. The van der Waals surface area contributed by atoms with Crippen molar-refractivity contribution >= 4 is 11.8 Å². The lowest BCUT2D eigenvalue weighted by molar-refractivity contribution is -0.137. The third kappa shape index (κ3) is 7.24. The fourth-order valence-electron chi connectivity index (χ4n) is 3.84. The topological polar surface area (TPSA) is 94.8 Å². The number of phenolic OH excluding ortho intramolecular Hbond substituents is 2. The van der Waals surface area contributed by atoms with Crippen molar-refractivity contribution in [1.82, 2.24) is 0 Å². The largest absolute Gasteiger partial charge is 0.508 e. The Labute approximate surface area is 213 Å². The minimum Gasteiger partial charge on any atom is -0.508 e. The summed E-state index contributed by atoms with van der Waals surface area (Å²) in [6.07, 6.45) is 0.468. The lowest BCUT2D eigenvalue weighted by atomic mass is 9.73. The Bertz CT molecular complexity index is 1240. The summed E-state index contributed by atoms with van der Waals surface area (Å²) in [6.45, 7) is 1.97. The third-order valence-electron chi connectivity index (χ3n) is 6.06. The molecule has 0 saturated carbocycles. The van der Waals surface area contributed by atoms with Gasteiger partial charge in [-0.25, -0.2) is 8.78 Å². The molecule has 0 aromatic heterocycles. The molecule has 0 bridgehead atoms. The summed E-state index contributed by atoms with van der Waals surface area (Å²) >= 11 is 0. The second-order valence-corrected chi connectivity index (χ2v) is 8.66. The number of aliphatic carboxylic acids is 1. The number of carbonyl (C=O) groups is 2. The summed E-state index contributed by atoms with van der Waals surface area (Å²) < 4.78 is 25.3. The first-order valence-electron chi connectivity index (χ1n) is 11.4. The predicted molar refractivity (Wildman–Crippen MR) is 136 cm³/mol. The Morgan fingerprint density at radius 3 is 1.32 bits per heavy atom. The van der Waals surface area contributed by atoms with Gasteiger partial charge in [0.15, 0.2) is 5.78 Å². The van der Waals surface area contributed by atoms with Crippen molar-refractivity contribution in [3.8, 4) is 11.5 Å². The predicted octanol–water partition coefficient (Wildman–Crippen LogP) is 6.46. The zero-order chi connectivity index (χ0) is 27.0. The zero-order valence-electron chi connectivity index (χ0n) is 20.1. The average molecular weight is 505 g/mol. The van der Waals surface area contributed by atoms with Crippen molar-refractivity contribution in [2.75, 3.05) is 0 Å². The van der Waals surface area contributed by atoms with Gasteiger partial charge in [0, 0.05) is 23.0 Å². The van der Waals surface area contributed by atoms with Crippen molar-refractivity contribution < 1.29 is 33.7 Å². The number of halogens is 2. The number of hydrogen-bond acceptors (Lipinski definition) is 4. The van der Waals surface area contributed by atoms with E-state index in [2.05, 4.69) is 0 Å². The molecule has 0 radical (unpaired) electrons. The van der Waals surface area contributed by atoms with Crippen LogP contribution in [0.5, 0.6) is 11.5 Å². The van der Waals surface area contributed by atoms with Gasteiger partial charge in [-0.2, -0.15) is 0 Å². The lowest BCUT2D eigenvalue weighted by Crippen LogP contribution is -2.24. The highest BCUT2D eigenvalue weighted by molar-refractivity contribution is 6.08. The van der Waals surface area contributed by atoms with Crippen LogP contribution in [0.15, 0.2) is 97.1 Å². The van der Waals surface area contributed by atoms with Crippen LogP contribution in [0.25, 0.3) is 0 Å². The number of ketones is 1. The van der Waals surface area contributed by atoms with Crippen molar-refractivity contribution in [2.24, 2.45) is 0 Å². The Kier molecular flexibility index (Phi) is 8.74. The molecule has 0 amide bonds. The maximum absolute atomic E-state index is 12.6. The van der Waals surface area contributed by atoms with Crippen LogP contribution in [0, 0.1) is 11.6 Å². The molecule has 0 fully saturated rings. The molecular weight excluding hydrogens is 478 g/mol. The van der Waals surface area contributed by atoms with Gasteiger partial charge in [0.25, 0.3) is 0 Å². The second kappa shape index (κ2) is 11.9. The standard InChI is InChI=1S/C17H18O4.C13H8F2O/c1-17(11-10-16(20)21,12-2-6-14(18)7-3-12)13-4-8-15(19)9-5-13;14-11-5-1-9(2-6-11)13(16)10-3-7-12(15)8-4-10/h2-9,18-19H,10-11H2,1H3,(H,20,21);1-8H. The van der Waals surface area contributed by atoms with E-state index in [0.717, 1.165) is 11.1 Å². The molecule has 0 atom stereocenters. The van der Waals surface area contributed by atoms with Gasteiger partial charge in [0.2, 0.25) is 0 Å². The first kappa shape index (κ1) is 27.1. The number of benzene rings is 4. The number of rotatable bonds is 7. The highest BCUT2D eigenvalue weighted by Gasteiger charge is 2.29. The molecule has 190 valence electrons. The molecule has 0 aliphatic heterocycles. The molecule has 0 aliphatic carbocycles. The van der Waals surface area contributed by atoms with Gasteiger partial charge in [-0.3, -0.25) is 9.59 Å². The van der Waals surface area contributed by atoms with E-state index in [1.807, 2.05) is 6.92 Å². The SMILES string of the molecule is CC(CCC(=O)O)(c1ccc(O)cc1)c1ccc(O)cc1.O=C(c1ccc(F)cc1)c1ccc(F)cc1. The van der Waals surface area contributed by atoms with Crippen LogP contribution in [0.4, 0.5) is 8.78 Å². The fraction of sp³-hybridized carbons (Fsp3) is 0.133. The van der Waals surface area contributed by atoms with Gasteiger partial charge in [-0.15, -0.1) is 0 Å².